The highest BCUT2D eigenvalue weighted by Gasteiger charge is 2.22. The van der Waals surface area contributed by atoms with Crippen molar-refractivity contribution in [2.75, 3.05) is 7.11 Å². The molecule has 0 aliphatic rings. The largest absolute Gasteiger partial charge is 0.379 e. The van der Waals surface area contributed by atoms with Gasteiger partial charge in [0, 0.05) is 18.2 Å². The van der Waals surface area contributed by atoms with Crippen molar-refractivity contribution in [1.29, 1.82) is 0 Å². The van der Waals surface area contributed by atoms with E-state index >= 15 is 0 Å². The van der Waals surface area contributed by atoms with Crippen LogP contribution in [0.4, 0.5) is 0 Å². The topological polar surface area (TPSA) is 48.1 Å². The smallest absolute Gasteiger partial charge is 0.0786 e. The van der Waals surface area contributed by atoms with Crippen LogP contribution in [0.5, 0.6) is 0 Å². The Hall–Kier alpha value is -1.45. The van der Waals surface area contributed by atoms with Gasteiger partial charge in [-0.25, -0.2) is 0 Å². The number of methoxy groups -OCH3 is 1. The molecule has 2 aromatic rings. The van der Waals surface area contributed by atoms with Crippen molar-refractivity contribution in [2.45, 2.75) is 32.9 Å². The molecule has 2 N–H and O–H groups in total. The summed E-state index contributed by atoms with van der Waals surface area (Å²) in [5, 5.41) is 1.12. The van der Waals surface area contributed by atoms with E-state index in [4.69, 9.17) is 10.5 Å². The molecular formula is C16H22N2O. The first-order valence-electron chi connectivity index (χ1n) is 6.68. The van der Waals surface area contributed by atoms with Crippen LogP contribution < -0.4 is 5.73 Å². The average Bonchev–Trinajstić information content (AvgIpc) is 2.38. The number of ether oxygens (including phenoxy) is 1. The zero-order chi connectivity index (χ0) is 14.0. The number of fused-ring (bicyclic) bond motifs is 1. The van der Waals surface area contributed by atoms with Crippen molar-refractivity contribution < 1.29 is 4.74 Å². The third-order valence-electron chi connectivity index (χ3n) is 3.52. The Balaban J connectivity index is 2.37. The molecule has 2 rings (SSSR count). The minimum absolute atomic E-state index is 0.0239. The second kappa shape index (κ2) is 5.68. The minimum atomic E-state index is -0.115. The van der Waals surface area contributed by atoms with Crippen molar-refractivity contribution in [3.63, 3.8) is 0 Å². The fourth-order valence-corrected chi connectivity index (χ4v) is 2.48. The zero-order valence-corrected chi connectivity index (χ0v) is 12.1. The Labute approximate surface area is 114 Å². The maximum absolute atomic E-state index is 6.33. The molecule has 19 heavy (non-hydrogen) atoms. The predicted molar refractivity (Wildman–Crippen MR) is 79.0 cm³/mol. The molecule has 0 spiro atoms. The first-order valence-corrected chi connectivity index (χ1v) is 6.68. The zero-order valence-electron chi connectivity index (χ0n) is 12.1. The van der Waals surface area contributed by atoms with Crippen LogP contribution in [0, 0.1) is 12.8 Å². The van der Waals surface area contributed by atoms with Gasteiger partial charge in [-0.05, 0) is 36.6 Å². The van der Waals surface area contributed by atoms with E-state index in [0.29, 0.717) is 5.92 Å². The van der Waals surface area contributed by atoms with Gasteiger partial charge >= 0.3 is 0 Å². The molecule has 0 bridgehead atoms. The lowest BCUT2D eigenvalue weighted by molar-refractivity contribution is 0.0437. The summed E-state index contributed by atoms with van der Waals surface area (Å²) in [6, 6.07) is 10.2. The lowest BCUT2D eigenvalue weighted by Crippen LogP contribution is -2.32. The van der Waals surface area contributed by atoms with Crippen molar-refractivity contribution in [3.05, 3.63) is 41.6 Å². The van der Waals surface area contributed by atoms with E-state index in [1.165, 1.54) is 0 Å². The van der Waals surface area contributed by atoms with Gasteiger partial charge in [0.2, 0.25) is 0 Å². The highest BCUT2D eigenvalue weighted by Crippen LogP contribution is 2.25. The van der Waals surface area contributed by atoms with Crippen molar-refractivity contribution >= 4 is 10.9 Å². The molecule has 0 amide bonds. The van der Waals surface area contributed by atoms with Gasteiger partial charge in [-0.1, -0.05) is 26.0 Å². The average molecular weight is 258 g/mol. The van der Waals surface area contributed by atoms with Crippen LogP contribution in [0.3, 0.4) is 0 Å². The SMILES string of the molecule is COC(C(C)C)C(N)c1ccc2nc(C)ccc2c1. The molecule has 2 unspecified atom stereocenters. The van der Waals surface area contributed by atoms with Crippen LogP contribution >= 0.6 is 0 Å². The maximum atomic E-state index is 6.33. The summed E-state index contributed by atoms with van der Waals surface area (Å²) in [4.78, 5) is 4.50. The molecule has 3 nitrogen and oxygen atoms in total. The summed E-state index contributed by atoms with van der Waals surface area (Å²) in [5.74, 6) is 0.381. The molecular weight excluding hydrogens is 236 g/mol. The van der Waals surface area contributed by atoms with Gasteiger partial charge in [0.25, 0.3) is 0 Å². The van der Waals surface area contributed by atoms with Crippen LogP contribution in [0.15, 0.2) is 30.3 Å². The van der Waals surface area contributed by atoms with Gasteiger partial charge in [0.15, 0.2) is 0 Å². The van der Waals surface area contributed by atoms with Crippen molar-refractivity contribution in [3.8, 4) is 0 Å². The highest BCUT2D eigenvalue weighted by atomic mass is 16.5. The van der Waals surface area contributed by atoms with Crippen LogP contribution in [0.1, 0.15) is 31.1 Å². The van der Waals surface area contributed by atoms with E-state index in [1.807, 2.05) is 25.1 Å². The maximum Gasteiger partial charge on any atom is 0.0786 e. The van der Waals surface area contributed by atoms with Crippen molar-refractivity contribution in [1.82, 2.24) is 4.98 Å². The molecule has 1 heterocycles. The fraction of sp³-hybridized carbons (Fsp3) is 0.438. The van der Waals surface area contributed by atoms with E-state index in [0.717, 1.165) is 22.2 Å². The Morgan fingerprint density at radius 2 is 1.89 bits per heavy atom. The third kappa shape index (κ3) is 2.94. The molecule has 0 radical (unpaired) electrons. The first-order chi connectivity index (χ1) is 9.02. The molecule has 0 aliphatic heterocycles. The summed E-state index contributed by atoms with van der Waals surface area (Å²) in [5.41, 5.74) is 9.46. The molecule has 1 aromatic carbocycles. The molecule has 1 aromatic heterocycles. The van der Waals surface area contributed by atoms with Crippen LogP contribution in [-0.2, 0) is 4.74 Å². The molecule has 0 aliphatic carbocycles. The molecule has 0 fully saturated rings. The first kappa shape index (κ1) is 14.0. The Morgan fingerprint density at radius 3 is 2.53 bits per heavy atom. The Kier molecular flexibility index (Phi) is 4.17. The quantitative estimate of drug-likeness (QED) is 0.916. The monoisotopic (exact) mass is 258 g/mol. The van der Waals surface area contributed by atoms with E-state index in [9.17, 15) is 0 Å². The summed E-state index contributed by atoms with van der Waals surface area (Å²) < 4.78 is 5.52. The number of aromatic nitrogens is 1. The number of aryl methyl sites for hydroxylation is 1. The number of hydrogen-bond donors (Lipinski definition) is 1. The molecule has 2 atom stereocenters. The Bertz CT molecular complexity index is 566. The van der Waals surface area contributed by atoms with Gasteiger partial charge in [0.05, 0.1) is 17.7 Å². The number of hydrogen-bond acceptors (Lipinski definition) is 3. The third-order valence-corrected chi connectivity index (χ3v) is 3.52. The molecule has 102 valence electrons. The van der Waals surface area contributed by atoms with Crippen LogP contribution in [0.25, 0.3) is 10.9 Å². The molecule has 3 heteroatoms. The van der Waals surface area contributed by atoms with Gasteiger partial charge in [-0.3, -0.25) is 4.98 Å². The molecule has 0 saturated heterocycles. The van der Waals surface area contributed by atoms with Crippen molar-refractivity contribution in [2.24, 2.45) is 11.7 Å². The normalized spacial score (nSPS) is 14.8. The van der Waals surface area contributed by atoms with Gasteiger partial charge in [0.1, 0.15) is 0 Å². The van der Waals surface area contributed by atoms with Gasteiger partial charge in [-0.15, -0.1) is 0 Å². The van der Waals surface area contributed by atoms with E-state index in [2.05, 4.69) is 31.0 Å². The highest BCUT2D eigenvalue weighted by molar-refractivity contribution is 5.79. The van der Waals surface area contributed by atoms with E-state index in [1.54, 1.807) is 7.11 Å². The second-order valence-electron chi connectivity index (χ2n) is 5.37. The van der Waals surface area contributed by atoms with E-state index in [-0.39, 0.29) is 12.1 Å². The van der Waals surface area contributed by atoms with Crippen LogP contribution in [-0.4, -0.2) is 18.2 Å². The summed E-state index contributed by atoms with van der Waals surface area (Å²) >= 11 is 0. The number of nitrogens with two attached hydrogens (primary N) is 1. The predicted octanol–water partition coefficient (Wildman–Crippen LogP) is 3.21. The molecule has 0 saturated carbocycles. The lowest BCUT2D eigenvalue weighted by atomic mass is 9.93. The van der Waals surface area contributed by atoms with Gasteiger partial charge in [-0.2, -0.15) is 0 Å². The summed E-state index contributed by atoms with van der Waals surface area (Å²) in [6.07, 6.45) is 0.0239. The number of benzene rings is 1. The minimum Gasteiger partial charge on any atom is -0.379 e. The fourth-order valence-electron chi connectivity index (χ4n) is 2.48. The number of nitrogens with zero attached hydrogens (tertiary/aromatic N) is 1. The summed E-state index contributed by atoms with van der Waals surface area (Å²) in [6.45, 7) is 6.25. The van der Waals surface area contributed by atoms with Crippen LogP contribution in [0.2, 0.25) is 0 Å². The lowest BCUT2D eigenvalue weighted by Gasteiger charge is -2.26. The number of rotatable bonds is 4. The standard InChI is InChI=1S/C16H22N2O/c1-10(2)16(19-4)15(17)13-7-8-14-12(9-13)6-5-11(3)18-14/h5-10,15-16H,17H2,1-4H3. The summed E-state index contributed by atoms with van der Waals surface area (Å²) in [7, 11) is 1.72. The Morgan fingerprint density at radius 1 is 1.16 bits per heavy atom. The van der Waals surface area contributed by atoms with Gasteiger partial charge < -0.3 is 10.5 Å². The number of pyridine rings is 1. The second-order valence-corrected chi connectivity index (χ2v) is 5.37. The van der Waals surface area contributed by atoms with E-state index < -0.39 is 0 Å².